The van der Waals surface area contributed by atoms with Gasteiger partial charge in [-0.05, 0) is 23.8 Å². The van der Waals surface area contributed by atoms with Gasteiger partial charge in [0.1, 0.15) is 0 Å². The summed E-state index contributed by atoms with van der Waals surface area (Å²) in [6.45, 7) is 0.921. The maximum absolute atomic E-state index is 12.6. The normalized spacial score (nSPS) is 17.5. The van der Waals surface area contributed by atoms with Gasteiger partial charge in [0.25, 0.3) is 11.1 Å². The molecule has 1 aromatic rings. The molecule has 2 heterocycles. The standard InChI is InChI=1S/C20H23N3O8S2/c24-17(21-7-8-23-18(25)14-32-20(23)27)13-31-19(26)6-3-15-1-4-16(5-2-15)33(28,29)22-9-11-30-12-10-22/h1-6H,7-14H2,(H,21,24). The number of nitrogens with one attached hydrogen (secondary N) is 1. The van der Waals surface area contributed by atoms with Crippen molar-refractivity contribution in [3.63, 3.8) is 0 Å². The number of hydrogen-bond acceptors (Lipinski definition) is 9. The predicted molar refractivity (Wildman–Crippen MR) is 119 cm³/mol. The van der Waals surface area contributed by atoms with Crippen LogP contribution in [-0.2, 0) is 33.9 Å². The molecule has 0 atom stereocenters. The lowest BCUT2D eigenvalue weighted by Gasteiger charge is -2.26. The average molecular weight is 498 g/mol. The van der Waals surface area contributed by atoms with Gasteiger partial charge < -0.3 is 14.8 Å². The van der Waals surface area contributed by atoms with Gasteiger partial charge in [-0.2, -0.15) is 4.31 Å². The number of benzene rings is 1. The maximum atomic E-state index is 12.6. The van der Waals surface area contributed by atoms with Crippen LogP contribution in [0.2, 0.25) is 0 Å². The van der Waals surface area contributed by atoms with E-state index in [4.69, 9.17) is 9.47 Å². The van der Waals surface area contributed by atoms with E-state index < -0.39 is 28.5 Å². The largest absolute Gasteiger partial charge is 0.452 e. The first-order chi connectivity index (χ1) is 15.8. The summed E-state index contributed by atoms with van der Waals surface area (Å²) in [5.74, 6) is -1.52. The van der Waals surface area contributed by atoms with Crippen molar-refractivity contribution in [1.29, 1.82) is 0 Å². The minimum absolute atomic E-state index is 0.0571. The van der Waals surface area contributed by atoms with Crippen LogP contribution in [0.1, 0.15) is 5.56 Å². The minimum Gasteiger partial charge on any atom is -0.452 e. The topological polar surface area (TPSA) is 139 Å². The fourth-order valence-electron chi connectivity index (χ4n) is 2.99. The number of morpholine rings is 1. The Kier molecular flexibility index (Phi) is 8.61. The molecule has 0 spiro atoms. The summed E-state index contributed by atoms with van der Waals surface area (Å²) in [6.07, 6.45) is 2.56. The Morgan fingerprint density at radius 1 is 1.15 bits per heavy atom. The highest BCUT2D eigenvalue weighted by Crippen LogP contribution is 2.19. The third-order valence-corrected chi connectivity index (χ3v) is 7.51. The van der Waals surface area contributed by atoms with Gasteiger partial charge in [-0.1, -0.05) is 23.9 Å². The second-order valence-electron chi connectivity index (χ2n) is 6.98. The molecule has 0 radical (unpaired) electrons. The summed E-state index contributed by atoms with van der Waals surface area (Å²) in [5.41, 5.74) is 0.579. The number of ether oxygens (including phenoxy) is 2. The van der Waals surface area contributed by atoms with E-state index in [0.717, 1.165) is 22.7 Å². The van der Waals surface area contributed by atoms with Crippen LogP contribution in [0.4, 0.5) is 4.79 Å². The molecule has 2 aliphatic heterocycles. The summed E-state index contributed by atoms with van der Waals surface area (Å²) < 4.78 is 36.6. The number of hydrogen-bond donors (Lipinski definition) is 1. The van der Waals surface area contributed by atoms with Gasteiger partial charge in [0.05, 0.1) is 23.9 Å². The van der Waals surface area contributed by atoms with E-state index in [1.807, 2.05) is 0 Å². The molecule has 3 amide bonds. The molecule has 1 aromatic carbocycles. The summed E-state index contributed by atoms with van der Waals surface area (Å²) in [4.78, 5) is 47.7. The van der Waals surface area contributed by atoms with Gasteiger partial charge in [-0.3, -0.25) is 19.3 Å². The lowest BCUT2D eigenvalue weighted by molar-refractivity contribution is -0.143. The molecule has 33 heavy (non-hydrogen) atoms. The molecule has 2 aliphatic rings. The Labute approximate surface area is 195 Å². The predicted octanol–water partition coefficient (Wildman–Crippen LogP) is 0.0755. The van der Waals surface area contributed by atoms with Gasteiger partial charge in [-0.15, -0.1) is 0 Å². The number of rotatable bonds is 9. The van der Waals surface area contributed by atoms with Crippen LogP contribution in [0.15, 0.2) is 35.2 Å². The van der Waals surface area contributed by atoms with Gasteiger partial charge in [0.15, 0.2) is 6.61 Å². The SMILES string of the molecule is O=C(COC(=O)C=Cc1ccc(S(=O)(=O)N2CCOCC2)cc1)NCCN1C(=O)CSC1=O. The molecule has 2 saturated heterocycles. The quantitative estimate of drug-likeness (QED) is 0.371. The van der Waals surface area contributed by atoms with E-state index >= 15 is 0 Å². The second kappa shape index (κ2) is 11.4. The smallest absolute Gasteiger partial charge is 0.331 e. The molecule has 0 bridgehead atoms. The number of esters is 1. The van der Waals surface area contributed by atoms with E-state index in [1.165, 1.54) is 22.5 Å². The Morgan fingerprint density at radius 3 is 2.48 bits per heavy atom. The van der Waals surface area contributed by atoms with Crippen LogP contribution < -0.4 is 5.32 Å². The van der Waals surface area contributed by atoms with Crippen LogP contribution in [-0.4, -0.2) is 92.4 Å². The number of thioether (sulfide) groups is 1. The van der Waals surface area contributed by atoms with Gasteiger partial charge in [0, 0.05) is 32.3 Å². The van der Waals surface area contributed by atoms with E-state index in [9.17, 15) is 27.6 Å². The van der Waals surface area contributed by atoms with Crippen molar-refractivity contribution in [2.75, 3.05) is 51.8 Å². The van der Waals surface area contributed by atoms with Crippen molar-refractivity contribution in [2.45, 2.75) is 4.90 Å². The van der Waals surface area contributed by atoms with E-state index in [0.29, 0.717) is 31.9 Å². The molecule has 0 saturated carbocycles. The number of nitrogens with zero attached hydrogens (tertiary/aromatic N) is 2. The minimum atomic E-state index is -3.60. The number of carbonyl (C=O) groups excluding carboxylic acids is 4. The van der Waals surface area contributed by atoms with Crippen molar-refractivity contribution in [2.24, 2.45) is 0 Å². The summed E-state index contributed by atoms with van der Waals surface area (Å²) in [7, 11) is -3.60. The van der Waals surface area contributed by atoms with Gasteiger partial charge >= 0.3 is 5.97 Å². The molecular weight excluding hydrogens is 474 g/mol. The first kappa shape index (κ1) is 24.9. The lowest BCUT2D eigenvalue weighted by Crippen LogP contribution is -2.40. The van der Waals surface area contributed by atoms with E-state index in [1.54, 1.807) is 12.1 Å². The van der Waals surface area contributed by atoms with E-state index in [2.05, 4.69) is 5.32 Å². The molecule has 178 valence electrons. The Morgan fingerprint density at radius 2 is 1.85 bits per heavy atom. The zero-order chi connectivity index (χ0) is 23.8. The number of sulfonamides is 1. The van der Waals surface area contributed by atoms with Crippen LogP contribution in [0.25, 0.3) is 6.08 Å². The lowest BCUT2D eigenvalue weighted by atomic mass is 10.2. The highest BCUT2D eigenvalue weighted by molar-refractivity contribution is 8.14. The molecule has 0 unspecified atom stereocenters. The van der Waals surface area contributed by atoms with Crippen molar-refractivity contribution in [3.8, 4) is 0 Å². The first-order valence-electron chi connectivity index (χ1n) is 10.0. The molecule has 13 heteroatoms. The van der Waals surface area contributed by atoms with Crippen molar-refractivity contribution in [1.82, 2.24) is 14.5 Å². The Hall–Kier alpha value is -2.74. The highest BCUT2D eigenvalue weighted by atomic mass is 32.2. The van der Waals surface area contributed by atoms with Crippen molar-refractivity contribution in [3.05, 3.63) is 35.9 Å². The summed E-state index contributed by atoms with van der Waals surface area (Å²) in [5, 5.41) is 2.11. The fourth-order valence-corrected chi connectivity index (χ4v) is 5.15. The number of carbonyl (C=O) groups is 4. The maximum Gasteiger partial charge on any atom is 0.331 e. The van der Waals surface area contributed by atoms with Crippen LogP contribution in [0.5, 0.6) is 0 Å². The average Bonchev–Trinajstić information content (AvgIpc) is 3.14. The van der Waals surface area contributed by atoms with Crippen molar-refractivity contribution < 1.29 is 37.1 Å². The number of imide groups is 1. The summed E-state index contributed by atoms with van der Waals surface area (Å²) in [6, 6.07) is 6.03. The second-order valence-corrected chi connectivity index (χ2v) is 9.84. The molecule has 3 rings (SSSR count). The molecule has 2 fully saturated rings. The molecule has 0 aliphatic carbocycles. The van der Waals surface area contributed by atoms with Gasteiger partial charge in [-0.25, -0.2) is 13.2 Å². The van der Waals surface area contributed by atoms with Crippen molar-refractivity contribution >= 4 is 50.9 Å². The van der Waals surface area contributed by atoms with Crippen LogP contribution in [0.3, 0.4) is 0 Å². The molecule has 0 aromatic heterocycles. The zero-order valence-corrected chi connectivity index (χ0v) is 19.2. The molecular formula is C20H23N3O8S2. The fraction of sp³-hybridized carbons (Fsp3) is 0.400. The first-order valence-corrected chi connectivity index (χ1v) is 12.5. The molecule has 11 nitrogen and oxygen atoms in total. The summed E-state index contributed by atoms with van der Waals surface area (Å²) >= 11 is 0.910. The van der Waals surface area contributed by atoms with Crippen LogP contribution in [0, 0.1) is 0 Å². The Balaban J connectivity index is 1.41. The third-order valence-electron chi connectivity index (χ3n) is 4.74. The highest BCUT2D eigenvalue weighted by Gasteiger charge is 2.29. The van der Waals surface area contributed by atoms with Gasteiger partial charge in [0.2, 0.25) is 15.9 Å². The zero-order valence-electron chi connectivity index (χ0n) is 17.6. The number of amides is 3. The monoisotopic (exact) mass is 497 g/mol. The molecule has 1 N–H and O–H groups in total. The third kappa shape index (κ3) is 6.87. The van der Waals surface area contributed by atoms with E-state index in [-0.39, 0.29) is 34.9 Å². The Bertz CT molecular complexity index is 1020. The van der Waals surface area contributed by atoms with Crippen LogP contribution >= 0.6 is 11.8 Å².